The van der Waals surface area contributed by atoms with Crippen molar-refractivity contribution in [3.63, 3.8) is 0 Å². The Bertz CT molecular complexity index is 982. The Balaban J connectivity index is 1.34. The topological polar surface area (TPSA) is 80.5 Å². The molecule has 0 bridgehead atoms. The Morgan fingerprint density at radius 2 is 1.97 bits per heavy atom. The van der Waals surface area contributed by atoms with Crippen LogP contribution in [-0.2, 0) is 0 Å². The van der Waals surface area contributed by atoms with Crippen LogP contribution in [0.25, 0.3) is 11.4 Å². The normalized spacial score (nSPS) is 14.6. The number of benzene rings is 2. The number of piperidine rings is 1. The molecule has 4 rings (SSSR count). The molecule has 29 heavy (non-hydrogen) atoms. The van der Waals surface area contributed by atoms with Crippen LogP contribution in [0.15, 0.2) is 53.1 Å². The summed E-state index contributed by atoms with van der Waals surface area (Å²) in [7, 11) is 1.61. The second kappa shape index (κ2) is 8.53. The molecule has 3 aromatic rings. The summed E-state index contributed by atoms with van der Waals surface area (Å²) in [4.78, 5) is 18.8. The van der Waals surface area contributed by atoms with Crippen molar-refractivity contribution < 1.29 is 14.1 Å². The van der Waals surface area contributed by atoms with Gasteiger partial charge in [0, 0.05) is 35.3 Å². The number of nitrogens with one attached hydrogen (secondary N) is 1. The molecule has 150 valence electrons. The molecule has 1 aliphatic rings. The number of methoxy groups -OCH3 is 1. The molecule has 1 N–H and O–H groups in total. The lowest BCUT2D eigenvalue weighted by Crippen LogP contribution is -2.40. The van der Waals surface area contributed by atoms with Gasteiger partial charge in [-0.15, -0.1) is 0 Å². The lowest BCUT2D eigenvalue weighted by molar-refractivity contribution is 0.187. The number of carbonyl (C=O) groups is 1. The van der Waals surface area contributed by atoms with Crippen molar-refractivity contribution in [3.8, 4) is 17.1 Å². The van der Waals surface area contributed by atoms with E-state index in [1.807, 2.05) is 42.5 Å². The van der Waals surface area contributed by atoms with Crippen molar-refractivity contribution in [3.05, 3.63) is 59.4 Å². The van der Waals surface area contributed by atoms with Crippen molar-refractivity contribution in [1.29, 1.82) is 0 Å². The first kappa shape index (κ1) is 19.3. The zero-order valence-electron chi connectivity index (χ0n) is 16.0. The van der Waals surface area contributed by atoms with Gasteiger partial charge in [0.05, 0.1) is 7.11 Å². The number of aromatic nitrogens is 2. The molecular weight excluding hydrogens is 392 g/mol. The quantitative estimate of drug-likeness (QED) is 0.665. The van der Waals surface area contributed by atoms with Crippen LogP contribution in [0.4, 0.5) is 10.5 Å². The molecule has 1 aromatic heterocycles. The second-order valence-electron chi connectivity index (χ2n) is 6.89. The fourth-order valence-corrected chi connectivity index (χ4v) is 3.54. The summed E-state index contributed by atoms with van der Waals surface area (Å²) in [6.45, 7) is 1.25. The number of halogens is 1. The Morgan fingerprint density at radius 3 is 2.66 bits per heavy atom. The van der Waals surface area contributed by atoms with E-state index in [1.54, 1.807) is 18.1 Å². The third kappa shape index (κ3) is 4.51. The number of carbonyl (C=O) groups excluding carboxylic acids is 1. The summed E-state index contributed by atoms with van der Waals surface area (Å²) in [6, 6.07) is 14.5. The third-order valence-corrected chi connectivity index (χ3v) is 5.23. The number of likely N-dealkylation sites (tertiary alicyclic amines) is 1. The minimum Gasteiger partial charge on any atom is -0.497 e. The summed E-state index contributed by atoms with van der Waals surface area (Å²) >= 11 is 6.03. The van der Waals surface area contributed by atoms with E-state index in [0.29, 0.717) is 29.8 Å². The number of hydrogen-bond acceptors (Lipinski definition) is 5. The maximum Gasteiger partial charge on any atom is 0.321 e. The van der Waals surface area contributed by atoms with Crippen LogP contribution in [0.2, 0.25) is 5.02 Å². The van der Waals surface area contributed by atoms with Gasteiger partial charge < -0.3 is 19.5 Å². The predicted octanol–water partition coefficient (Wildman–Crippen LogP) is 4.81. The van der Waals surface area contributed by atoms with E-state index in [9.17, 15) is 4.79 Å². The Kier molecular flexibility index (Phi) is 5.67. The second-order valence-corrected chi connectivity index (χ2v) is 7.32. The molecule has 1 fully saturated rings. The highest BCUT2D eigenvalue weighted by Gasteiger charge is 2.27. The predicted molar refractivity (Wildman–Crippen MR) is 110 cm³/mol. The van der Waals surface area contributed by atoms with Crippen molar-refractivity contribution in [2.24, 2.45) is 0 Å². The smallest absolute Gasteiger partial charge is 0.321 e. The average molecular weight is 413 g/mol. The van der Waals surface area contributed by atoms with Gasteiger partial charge in [-0.3, -0.25) is 0 Å². The van der Waals surface area contributed by atoms with Crippen LogP contribution in [0, 0.1) is 0 Å². The minimum absolute atomic E-state index is 0.112. The minimum atomic E-state index is -0.112. The highest BCUT2D eigenvalue weighted by molar-refractivity contribution is 6.30. The molecule has 0 aliphatic carbocycles. The van der Waals surface area contributed by atoms with Crippen LogP contribution in [0.5, 0.6) is 5.75 Å². The molecule has 2 heterocycles. The number of rotatable bonds is 4. The highest BCUT2D eigenvalue weighted by Crippen LogP contribution is 2.29. The maximum atomic E-state index is 12.5. The molecule has 0 radical (unpaired) electrons. The van der Waals surface area contributed by atoms with Gasteiger partial charge in [0.15, 0.2) is 0 Å². The largest absolute Gasteiger partial charge is 0.497 e. The van der Waals surface area contributed by atoms with Gasteiger partial charge in [0.25, 0.3) is 0 Å². The van der Waals surface area contributed by atoms with Crippen LogP contribution >= 0.6 is 11.6 Å². The summed E-state index contributed by atoms with van der Waals surface area (Å²) in [5.41, 5.74) is 1.56. The van der Waals surface area contributed by atoms with Crippen molar-refractivity contribution in [2.45, 2.75) is 18.8 Å². The van der Waals surface area contributed by atoms with E-state index in [2.05, 4.69) is 15.5 Å². The Hall–Kier alpha value is -3.06. The number of nitrogens with zero attached hydrogens (tertiary/aromatic N) is 3. The number of ether oxygens (including phenoxy) is 1. The van der Waals surface area contributed by atoms with Crippen LogP contribution in [0.1, 0.15) is 24.7 Å². The lowest BCUT2D eigenvalue weighted by Gasteiger charge is -2.30. The van der Waals surface area contributed by atoms with E-state index in [-0.39, 0.29) is 11.9 Å². The lowest BCUT2D eigenvalue weighted by atomic mass is 9.97. The Labute approximate surface area is 173 Å². The van der Waals surface area contributed by atoms with Crippen LogP contribution in [0.3, 0.4) is 0 Å². The van der Waals surface area contributed by atoms with Gasteiger partial charge in [-0.1, -0.05) is 28.9 Å². The zero-order chi connectivity index (χ0) is 20.2. The van der Waals surface area contributed by atoms with E-state index in [1.165, 1.54) is 0 Å². The number of hydrogen-bond donors (Lipinski definition) is 1. The van der Waals surface area contributed by atoms with Crippen molar-refractivity contribution >= 4 is 23.3 Å². The Morgan fingerprint density at radius 1 is 1.21 bits per heavy atom. The molecule has 2 amide bonds. The fourth-order valence-electron chi connectivity index (χ4n) is 3.35. The van der Waals surface area contributed by atoms with E-state index < -0.39 is 0 Å². The molecule has 7 nitrogen and oxygen atoms in total. The van der Waals surface area contributed by atoms with E-state index in [0.717, 1.165) is 29.8 Å². The number of urea groups is 1. The molecule has 1 saturated heterocycles. The van der Waals surface area contributed by atoms with Gasteiger partial charge in [0.1, 0.15) is 5.75 Å². The molecule has 0 spiro atoms. The summed E-state index contributed by atoms with van der Waals surface area (Å²) < 4.78 is 10.6. The standard InChI is InChI=1S/C21H21ClN4O3/c1-28-18-7-5-17(6-8-18)23-21(27)26-11-9-14(10-12-26)20-24-19(25-29-20)15-3-2-4-16(22)13-15/h2-8,13-14H,9-12H2,1H3,(H,23,27). The van der Waals surface area contributed by atoms with Crippen LogP contribution < -0.4 is 10.1 Å². The zero-order valence-corrected chi connectivity index (χ0v) is 16.7. The summed E-state index contributed by atoms with van der Waals surface area (Å²) in [5, 5.41) is 7.62. The van der Waals surface area contributed by atoms with Crippen molar-refractivity contribution in [1.82, 2.24) is 15.0 Å². The van der Waals surface area contributed by atoms with Gasteiger partial charge in [-0.25, -0.2) is 4.79 Å². The molecule has 8 heteroatoms. The van der Waals surface area contributed by atoms with Crippen molar-refractivity contribution in [2.75, 3.05) is 25.5 Å². The monoisotopic (exact) mass is 412 g/mol. The molecule has 2 aromatic carbocycles. The molecule has 0 atom stereocenters. The van der Waals surface area contributed by atoms with E-state index >= 15 is 0 Å². The SMILES string of the molecule is COc1ccc(NC(=O)N2CCC(c3nc(-c4cccc(Cl)c4)no3)CC2)cc1. The highest BCUT2D eigenvalue weighted by atomic mass is 35.5. The van der Waals surface area contributed by atoms with Gasteiger partial charge >= 0.3 is 6.03 Å². The number of amides is 2. The first-order valence-corrected chi connectivity index (χ1v) is 9.79. The van der Waals surface area contributed by atoms with Crippen LogP contribution in [-0.4, -0.2) is 41.3 Å². The summed E-state index contributed by atoms with van der Waals surface area (Å²) in [6.07, 6.45) is 1.54. The molecule has 1 aliphatic heterocycles. The maximum absolute atomic E-state index is 12.5. The molecule has 0 saturated carbocycles. The first-order valence-electron chi connectivity index (χ1n) is 9.42. The molecular formula is C21H21ClN4O3. The summed E-state index contributed by atoms with van der Waals surface area (Å²) in [5.74, 6) is 2.03. The van der Waals surface area contributed by atoms with Gasteiger partial charge in [0.2, 0.25) is 11.7 Å². The van der Waals surface area contributed by atoms with Gasteiger partial charge in [-0.2, -0.15) is 4.98 Å². The average Bonchev–Trinajstić information content (AvgIpc) is 3.25. The van der Waals surface area contributed by atoms with E-state index in [4.69, 9.17) is 20.9 Å². The fraction of sp³-hybridized carbons (Fsp3) is 0.286. The number of anilines is 1. The first-order chi connectivity index (χ1) is 14.1. The molecule has 0 unspecified atom stereocenters. The third-order valence-electron chi connectivity index (χ3n) is 5.00. The van der Waals surface area contributed by atoms with Gasteiger partial charge in [-0.05, 0) is 49.2 Å².